The van der Waals surface area contributed by atoms with Gasteiger partial charge in [-0.25, -0.2) is 0 Å². The quantitative estimate of drug-likeness (QED) is 0.497. The largest absolute Gasteiger partial charge is 0.364 e. The second-order valence-corrected chi connectivity index (χ2v) is 3.27. The summed E-state index contributed by atoms with van der Waals surface area (Å²) in [6.45, 7) is 0. The Kier molecular flexibility index (Phi) is 3.00. The molecule has 1 atom stereocenters. The molecule has 64 valence electrons. The molecule has 4 nitrogen and oxygen atoms in total. The van der Waals surface area contributed by atoms with E-state index < -0.39 is 4.92 Å². The zero-order valence-electron chi connectivity index (χ0n) is 5.95. The van der Waals surface area contributed by atoms with Crippen LogP contribution in [0.2, 0.25) is 0 Å². The van der Waals surface area contributed by atoms with Crippen LogP contribution in [0.1, 0.15) is 0 Å². The third-order valence-electron chi connectivity index (χ3n) is 1.31. The molecule has 12 heavy (non-hydrogen) atoms. The molecule has 0 saturated carbocycles. The molecule has 0 bridgehead atoms. The van der Waals surface area contributed by atoms with E-state index >= 15 is 0 Å². The van der Waals surface area contributed by atoms with Crippen LogP contribution in [-0.4, -0.2) is 4.92 Å². The molecule has 0 aromatic heterocycles. The highest BCUT2D eigenvalue weighted by Crippen LogP contribution is 2.28. The van der Waals surface area contributed by atoms with Crippen LogP contribution in [0.15, 0.2) is 22.7 Å². The second-order valence-electron chi connectivity index (χ2n) is 2.06. The monoisotopic (exact) mass is 248 g/mol. The van der Waals surface area contributed by atoms with Gasteiger partial charge in [-0.2, -0.15) is 0 Å². The van der Waals surface area contributed by atoms with E-state index in [1.807, 2.05) is 0 Å². The zero-order valence-corrected chi connectivity index (χ0v) is 8.69. The number of hydrogen-bond acceptors (Lipinski definition) is 3. The molecule has 1 rings (SSSR count). The summed E-state index contributed by atoms with van der Waals surface area (Å²) in [5, 5.41) is 13.1. The van der Waals surface area contributed by atoms with Crippen LogP contribution in [0.5, 0.6) is 0 Å². The Labute approximate surface area is 79.9 Å². The molecule has 0 aliphatic rings. The van der Waals surface area contributed by atoms with Gasteiger partial charge in [-0.15, -0.1) is 0 Å². The Balaban J connectivity index is 3.21. The lowest BCUT2D eigenvalue weighted by Crippen LogP contribution is -1.92. The van der Waals surface area contributed by atoms with Crippen molar-refractivity contribution in [2.45, 2.75) is 0 Å². The van der Waals surface area contributed by atoms with E-state index in [0.717, 1.165) is 0 Å². The number of nitrogens with zero attached hydrogens (tertiary/aromatic N) is 1. The molecule has 0 spiro atoms. The van der Waals surface area contributed by atoms with Crippen LogP contribution < -0.4 is 5.09 Å². The van der Waals surface area contributed by atoms with Crippen molar-refractivity contribution in [2.75, 3.05) is 5.09 Å². The number of rotatable bonds is 2. The Hall–Kier alpha value is -0.670. The average molecular weight is 249 g/mol. The molecule has 0 saturated heterocycles. The highest BCUT2D eigenvalue weighted by atomic mass is 79.9. The van der Waals surface area contributed by atoms with E-state index in [-0.39, 0.29) is 5.69 Å². The van der Waals surface area contributed by atoms with Gasteiger partial charge < -0.3 is 5.09 Å². The molecule has 1 aromatic carbocycles. The van der Waals surface area contributed by atoms with Gasteiger partial charge in [-0.1, -0.05) is 15.9 Å². The predicted molar refractivity (Wildman–Crippen MR) is 54.1 cm³/mol. The molecule has 0 aliphatic heterocycles. The Morgan fingerprint density at radius 1 is 1.58 bits per heavy atom. The molecule has 0 amide bonds. The molecule has 0 aliphatic carbocycles. The lowest BCUT2D eigenvalue weighted by molar-refractivity contribution is -0.383. The second kappa shape index (κ2) is 3.83. The van der Waals surface area contributed by atoms with Crippen molar-refractivity contribution >= 4 is 36.7 Å². The SMILES string of the molecule is O=[N+]([O-])c1cc(Br)ccc1NP. The Morgan fingerprint density at radius 3 is 2.75 bits per heavy atom. The molecule has 1 aromatic rings. The fraction of sp³-hybridized carbons (Fsp3) is 0. The molecule has 1 N–H and O–H groups in total. The van der Waals surface area contributed by atoms with Crippen molar-refractivity contribution in [3.63, 3.8) is 0 Å². The number of nitro groups is 1. The molecule has 0 fully saturated rings. The van der Waals surface area contributed by atoms with Gasteiger partial charge in [-0.3, -0.25) is 10.1 Å². The van der Waals surface area contributed by atoms with Gasteiger partial charge in [0.05, 0.1) is 4.92 Å². The maximum atomic E-state index is 10.5. The molecule has 6 heteroatoms. The highest BCUT2D eigenvalue weighted by Gasteiger charge is 2.11. The van der Waals surface area contributed by atoms with E-state index in [2.05, 4.69) is 30.4 Å². The maximum Gasteiger partial charge on any atom is 0.293 e. The van der Waals surface area contributed by atoms with Crippen molar-refractivity contribution in [2.24, 2.45) is 0 Å². The van der Waals surface area contributed by atoms with Crippen LogP contribution in [-0.2, 0) is 0 Å². The van der Waals surface area contributed by atoms with Crippen molar-refractivity contribution in [3.05, 3.63) is 32.8 Å². The van der Waals surface area contributed by atoms with Crippen molar-refractivity contribution < 1.29 is 4.92 Å². The summed E-state index contributed by atoms with van der Waals surface area (Å²) in [4.78, 5) is 10.0. The van der Waals surface area contributed by atoms with Crippen LogP contribution in [0.4, 0.5) is 11.4 Å². The van der Waals surface area contributed by atoms with Crippen molar-refractivity contribution in [1.82, 2.24) is 0 Å². The van der Waals surface area contributed by atoms with Crippen LogP contribution in [0.25, 0.3) is 0 Å². The standard InChI is InChI=1S/C6H6BrN2O2P/c7-4-1-2-5(8-12)6(3-4)9(10)11/h1-3,8H,12H2. The van der Waals surface area contributed by atoms with Crippen LogP contribution >= 0.6 is 25.3 Å². The summed E-state index contributed by atoms with van der Waals surface area (Å²) >= 11 is 3.15. The number of benzene rings is 1. The van der Waals surface area contributed by atoms with Gasteiger partial charge in [0.25, 0.3) is 5.69 Å². The van der Waals surface area contributed by atoms with Crippen LogP contribution in [0.3, 0.4) is 0 Å². The minimum absolute atomic E-state index is 0.0550. The first-order valence-electron chi connectivity index (χ1n) is 3.05. The number of halogens is 1. The minimum atomic E-state index is -0.433. The van der Waals surface area contributed by atoms with E-state index in [1.165, 1.54) is 6.07 Å². The van der Waals surface area contributed by atoms with E-state index in [9.17, 15) is 10.1 Å². The van der Waals surface area contributed by atoms with Crippen LogP contribution in [0, 0.1) is 10.1 Å². The fourth-order valence-corrected chi connectivity index (χ4v) is 1.37. The summed E-state index contributed by atoms with van der Waals surface area (Å²) in [7, 11) is 2.22. The van der Waals surface area contributed by atoms with Gasteiger partial charge in [-0.05, 0) is 21.5 Å². The molecule has 1 unspecified atom stereocenters. The molecule has 0 heterocycles. The van der Waals surface area contributed by atoms with Gasteiger partial charge in [0.15, 0.2) is 0 Å². The van der Waals surface area contributed by atoms with Crippen molar-refractivity contribution in [1.29, 1.82) is 0 Å². The number of nitrogens with one attached hydrogen (secondary N) is 1. The zero-order chi connectivity index (χ0) is 9.14. The third-order valence-corrected chi connectivity index (χ3v) is 2.12. The van der Waals surface area contributed by atoms with Gasteiger partial charge >= 0.3 is 0 Å². The normalized spacial score (nSPS) is 9.50. The maximum absolute atomic E-state index is 10.5. The summed E-state index contributed by atoms with van der Waals surface area (Å²) in [5.74, 6) is 0. The van der Waals surface area contributed by atoms with E-state index in [4.69, 9.17) is 0 Å². The Bertz CT molecular complexity index is 318. The number of hydrogen-bond donors (Lipinski definition) is 1. The summed E-state index contributed by atoms with van der Waals surface area (Å²) in [6.07, 6.45) is 0. The van der Waals surface area contributed by atoms with E-state index in [1.54, 1.807) is 12.1 Å². The summed E-state index contributed by atoms with van der Waals surface area (Å²) < 4.78 is 0.693. The highest BCUT2D eigenvalue weighted by molar-refractivity contribution is 9.10. The topological polar surface area (TPSA) is 55.2 Å². The summed E-state index contributed by atoms with van der Waals surface area (Å²) in [5.41, 5.74) is 0.535. The number of anilines is 1. The molecular weight excluding hydrogens is 243 g/mol. The predicted octanol–water partition coefficient (Wildman–Crippen LogP) is 2.56. The van der Waals surface area contributed by atoms with Gasteiger partial charge in [0.1, 0.15) is 5.69 Å². The molecule has 0 radical (unpaired) electrons. The first-order chi connectivity index (χ1) is 5.65. The third kappa shape index (κ3) is 1.93. The first-order valence-corrected chi connectivity index (χ1v) is 4.42. The van der Waals surface area contributed by atoms with Gasteiger partial charge in [0, 0.05) is 10.5 Å². The van der Waals surface area contributed by atoms with E-state index in [0.29, 0.717) is 10.2 Å². The lowest BCUT2D eigenvalue weighted by Gasteiger charge is -2.00. The fourth-order valence-electron chi connectivity index (χ4n) is 0.778. The lowest BCUT2D eigenvalue weighted by atomic mass is 10.3. The number of nitro benzene ring substituents is 1. The average Bonchev–Trinajstić information content (AvgIpc) is 2.04. The molecular formula is C6H6BrN2O2P. The first kappa shape index (κ1) is 9.42. The summed E-state index contributed by atoms with van der Waals surface area (Å²) in [6, 6.07) is 4.82. The minimum Gasteiger partial charge on any atom is -0.364 e. The Morgan fingerprint density at radius 2 is 2.25 bits per heavy atom. The van der Waals surface area contributed by atoms with Gasteiger partial charge in [0.2, 0.25) is 0 Å². The smallest absolute Gasteiger partial charge is 0.293 e. The van der Waals surface area contributed by atoms with Crippen molar-refractivity contribution in [3.8, 4) is 0 Å².